The SMILES string of the molecule is N#Cc1ccccc1Sc1ccccc1C(=O)NCc1ccc(C(F)(F)F)cc1. The van der Waals surface area contributed by atoms with Crippen LogP contribution in [0.1, 0.15) is 27.0 Å². The maximum atomic E-state index is 12.6. The molecule has 0 saturated heterocycles. The van der Waals surface area contributed by atoms with Gasteiger partial charge in [-0.25, -0.2) is 0 Å². The predicted molar refractivity (Wildman–Crippen MR) is 104 cm³/mol. The second-order valence-corrected chi connectivity index (χ2v) is 7.17. The number of rotatable bonds is 5. The maximum absolute atomic E-state index is 12.6. The third kappa shape index (κ3) is 5.18. The first-order chi connectivity index (χ1) is 13.9. The van der Waals surface area contributed by atoms with Gasteiger partial charge >= 0.3 is 6.18 Å². The summed E-state index contributed by atoms with van der Waals surface area (Å²) in [7, 11) is 0. The predicted octanol–water partition coefficient (Wildman–Crippen LogP) is 5.66. The summed E-state index contributed by atoms with van der Waals surface area (Å²) >= 11 is 1.31. The topological polar surface area (TPSA) is 52.9 Å². The van der Waals surface area contributed by atoms with Crippen LogP contribution in [0, 0.1) is 11.3 Å². The van der Waals surface area contributed by atoms with Gasteiger partial charge in [-0.15, -0.1) is 0 Å². The molecule has 0 saturated carbocycles. The molecule has 0 bridgehead atoms. The second kappa shape index (κ2) is 8.84. The molecule has 146 valence electrons. The normalized spacial score (nSPS) is 11.0. The molecule has 0 spiro atoms. The van der Waals surface area contributed by atoms with Crippen molar-refractivity contribution < 1.29 is 18.0 Å². The lowest BCUT2D eigenvalue weighted by Gasteiger charge is -2.11. The van der Waals surface area contributed by atoms with Crippen molar-refractivity contribution in [2.75, 3.05) is 0 Å². The van der Waals surface area contributed by atoms with Crippen molar-refractivity contribution in [1.82, 2.24) is 5.32 Å². The van der Waals surface area contributed by atoms with Gasteiger partial charge in [-0.05, 0) is 42.0 Å². The second-order valence-electron chi connectivity index (χ2n) is 6.08. The number of halogens is 3. The van der Waals surface area contributed by atoms with E-state index in [1.54, 1.807) is 42.5 Å². The molecule has 3 aromatic carbocycles. The molecule has 0 aliphatic heterocycles. The molecule has 3 aromatic rings. The summed E-state index contributed by atoms with van der Waals surface area (Å²) in [5.74, 6) is -0.345. The third-order valence-electron chi connectivity index (χ3n) is 4.09. The third-order valence-corrected chi connectivity index (χ3v) is 5.25. The van der Waals surface area contributed by atoms with E-state index in [4.69, 9.17) is 0 Å². The minimum Gasteiger partial charge on any atom is -0.348 e. The molecular formula is C22H15F3N2OS. The largest absolute Gasteiger partial charge is 0.416 e. The summed E-state index contributed by atoms with van der Waals surface area (Å²) in [6.45, 7) is 0.102. The standard InChI is InChI=1S/C22H15F3N2OS/c23-22(24,25)17-11-9-15(10-12-17)14-27-21(28)18-6-2-4-8-20(18)29-19-7-3-1-5-16(19)13-26/h1-12H,14H2,(H,27,28). The summed E-state index contributed by atoms with van der Waals surface area (Å²) in [4.78, 5) is 14.1. The van der Waals surface area contributed by atoms with Crippen LogP contribution in [0.15, 0.2) is 82.6 Å². The van der Waals surface area contributed by atoms with Crippen molar-refractivity contribution in [1.29, 1.82) is 5.26 Å². The lowest BCUT2D eigenvalue weighted by Crippen LogP contribution is -2.23. The zero-order valence-corrected chi connectivity index (χ0v) is 15.8. The van der Waals surface area contributed by atoms with Gasteiger partial charge in [0.05, 0.1) is 16.7 Å². The van der Waals surface area contributed by atoms with E-state index in [-0.39, 0.29) is 12.5 Å². The molecule has 0 unspecified atom stereocenters. The zero-order chi connectivity index (χ0) is 20.9. The Kier molecular flexibility index (Phi) is 6.25. The zero-order valence-electron chi connectivity index (χ0n) is 15.0. The number of nitrogens with one attached hydrogen (secondary N) is 1. The smallest absolute Gasteiger partial charge is 0.348 e. The average Bonchev–Trinajstić information content (AvgIpc) is 2.72. The van der Waals surface area contributed by atoms with Gasteiger partial charge in [0.2, 0.25) is 0 Å². The molecule has 1 amide bonds. The molecule has 0 aliphatic carbocycles. The first-order valence-electron chi connectivity index (χ1n) is 8.59. The van der Waals surface area contributed by atoms with Gasteiger partial charge in [-0.3, -0.25) is 4.79 Å². The highest BCUT2D eigenvalue weighted by molar-refractivity contribution is 7.99. The van der Waals surface area contributed by atoms with Crippen LogP contribution in [0.4, 0.5) is 13.2 Å². The van der Waals surface area contributed by atoms with E-state index in [2.05, 4.69) is 11.4 Å². The van der Waals surface area contributed by atoms with E-state index in [9.17, 15) is 23.2 Å². The van der Waals surface area contributed by atoms with Gasteiger partial charge in [0, 0.05) is 16.3 Å². The molecule has 3 rings (SSSR count). The first-order valence-corrected chi connectivity index (χ1v) is 9.40. The lowest BCUT2D eigenvalue weighted by atomic mass is 10.1. The molecule has 0 heterocycles. The number of alkyl halides is 3. The number of amides is 1. The van der Waals surface area contributed by atoms with Gasteiger partial charge < -0.3 is 5.32 Å². The van der Waals surface area contributed by atoms with Crippen LogP contribution < -0.4 is 5.32 Å². The number of nitrogens with zero attached hydrogens (tertiary/aromatic N) is 1. The monoisotopic (exact) mass is 412 g/mol. The van der Waals surface area contributed by atoms with Crippen LogP contribution in [0.3, 0.4) is 0 Å². The van der Waals surface area contributed by atoms with Gasteiger partial charge in [0.15, 0.2) is 0 Å². The Balaban J connectivity index is 1.73. The quantitative estimate of drug-likeness (QED) is 0.588. The highest BCUT2D eigenvalue weighted by atomic mass is 32.2. The average molecular weight is 412 g/mol. The summed E-state index contributed by atoms with van der Waals surface area (Å²) in [6, 6.07) is 20.9. The fourth-order valence-corrected chi connectivity index (χ4v) is 3.62. The Labute approximate surface area is 170 Å². The number of hydrogen-bond acceptors (Lipinski definition) is 3. The van der Waals surface area contributed by atoms with Crippen LogP contribution in [0.2, 0.25) is 0 Å². The van der Waals surface area contributed by atoms with Crippen molar-refractivity contribution in [3.8, 4) is 6.07 Å². The first kappa shape index (κ1) is 20.5. The fourth-order valence-electron chi connectivity index (χ4n) is 2.60. The van der Waals surface area contributed by atoms with E-state index in [1.165, 1.54) is 23.9 Å². The summed E-state index contributed by atoms with van der Waals surface area (Å²) in [6.07, 6.45) is -4.39. The van der Waals surface area contributed by atoms with Crippen molar-refractivity contribution >= 4 is 17.7 Å². The van der Waals surface area contributed by atoms with Crippen molar-refractivity contribution in [2.24, 2.45) is 0 Å². The fraction of sp³-hybridized carbons (Fsp3) is 0.0909. The number of nitriles is 1. The van der Waals surface area contributed by atoms with Crippen LogP contribution in [-0.4, -0.2) is 5.91 Å². The number of benzene rings is 3. The van der Waals surface area contributed by atoms with Crippen LogP contribution in [-0.2, 0) is 12.7 Å². The Hall–Kier alpha value is -3.24. The number of carbonyl (C=O) groups is 1. The van der Waals surface area contributed by atoms with E-state index < -0.39 is 11.7 Å². The molecule has 0 aliphatic rings. The number of hydrogen-bond donors (Lipinski definition) is 1. The number of carbonyl (C=O) groups excluding carboxylic acids is 1. The van der Waals surface area contributed by atoms with Crippen molar-refractivity contribution in [2.45, 2.75) is 22.5 Å². The highest BCUT2D eigenvalue weighted by Gasteiger charge is 2.29. The molecule has 7 heteroatoms. The Bertz CT molecular complexity index is 1060. The van der Waals surface area contributed by atoms with E-state index in [0.717, 1.165) is 17.0 Å². The van der Waals surface area contributed by atoms with Crippen LogP contribution in [0.25, 0.3) is 0 Å². The minimum absolute atomic E-state index is 0.102. The summed E-state index contributed by atoms with van der Waals surface area (Å²) in [5, 5.41) is 12.0. The Morgan fingerprint density at radius 1 is 0.931 bits per heavy atom. The molecule has 3 nitrogen and oxygen atoms in total. The van der Waals surface area contributed by atoms with Crippen molar-refractivity contribution in [3.63, 3.8) is 0 Å². The molecule has 0 radical (unpaired) electrons. The van der Waals surface area contributed by atoms with E-state index in [1.807, 2.05) is 6.07 Å². The van der Waals surface area contributed by atoms with Crippen LogP contribution >= 0.6 is 11.8 Å². The van der Waals surface area contributed by atoms with E-state index >= 15 is 0 Å². The van der Waals surface area contributed by atoms with E-state index in [0.29, 0.717) is 21.6 Å². The molecule has 1 N–H and O–H groups in total. The highest BCUT2D eigenvalue weighted by Crippen LogP contribution is 2.32. The van der Waals surface area contributed by atoms with Crippen LogP contribution in [0.5, 0.6) is 0 Å². The molecule has 0 fully saturated rings. The molecular weight excluding hydrogens is 397 g/mol. The molecule has 29 heavy (non-hydrogen) atoms. The molecule has 0 atom stereocenters. The Morgan fingerprint density at radius 3 is 2.21 bits per heavy atom. The molecule has 0 aromatic heterocycles. The van der Waals surface area contributed by atoms with Gasteiger partial charge in [-0.2, -0.15) is 18.4 Å². The summed E-state index contributed by atoms with van der Waals surface area (Å²) in [5.41, 5.74) is 0.770. The van der Waals surface area contributed by atoms with Gasteiger partial charge in [0.1, 0.15) is 6.07 Å². The van der Waals surface area contributed by atoms with Crippen molar-refractivity contribution in [3.05, 3.63) is 95.1 Å². The maximum Gasteiger partial charge on any atom is 0.416 e. The van der Waals surface area contributed by atoms with Gasteiger partial charge in [0.25, 0.3) is 5.91 Å². The minimum atomic E-state index is -4.39. The lowest BCUT2D eigenvalue weighted by molar-refractivity contribution is -0.137. The Morgan fingerprint density at radius 2 is 1.55 bits per heavy atom. The van der Waals surface area contributed by atoms with Gasteiger partial charge in [-0.1, -0.05) is 48.2 Å². The summed E-state index contributed by atoms with van der Waals surface area (Å²) < 4.78 is 37.9.